The van der Waals surface area contributed by atoms with Crippen LogP contribution in [0.3, 0.4) is 0 Å². The molecule has 4 N–H and O–H groups in total. The van der Waals surface area contributed by atoms with E-state index in [1.54, 1.807) is 12.5 Å². The molecule has 1 aromatic carbocycles. The second-order valence-corrected chi connectivity index (χ2v) is 7.10. The van der Waals surface area contributed by atoms with Gasteiger partial charge in [-0.05, 0) is 61.3 Å². The topological polar surface area (TPSA) is 110 Å². The van der Waals surface area contributed by atoms with Crippen LogP contribution in [0, 0.1) is 13.8 Å². The third-order valence-corrected chi connectivity index (χ3v) is 4.81. The number of nitrogens with one attached hydrogen (secondary N) is 2. The molecule has 8 nitrogen and oxygen atoms in total. The van der Waals surface area contributed by atoms with Crippen molar-refractivity contribution >= 4 is 23.1 Å². The number of aromatic nitrogens is 4. The maximum atomic E-state index is 12.3. The van der Waals surface area contributed by atoms with Gasteiger partial charge in [0.1, 0.15) is 12.1 Å². The number of nitrogens with two attached hydrogens (primary N) is 1. The molecule has 3 aromatic heterocycles. The van der Waals surface area contributed by atoms with Crippen molar-refractivity contribution in [3.8, 4) is 11.1 Å². The highest BCUT2D eigenvalue weighted by Crippen LogP contribution is 2.31. The lowest BCUT2D eigenvalue weighted by Gasteiger charge is -2.09. The van der Waals surface area contributed by atoms with Crippen LogP contribution in [0.5, 0.6) is 0 Å². The number of nitrogens with zero attached hydrogens (tertiary/aromatic N) is 4. The Morgan fingerprint density at radius 2 is 1.90 bits per heavy atom. The van der Waals surface area contributed by atoms with Gasteiger partial charge in [0.15, 0.2) is 0 Å². The van der Waals surface area contributed by atoms with Crippen LogP contribution in [-0.2, 0) is 6.42 Å². The Morgan fingerprint density at radius 1 is 1.10 bits per heavy atom. The van der Waals surface area contributed by atoms with Crippen LogP contribution in [-0.4, -0.2) is 32.2 Å². The summed E-state index contributed by atoms with van der Waals surface area (Å²) in [5, 5.41) is 9.89. The molecule has 0 aliphatic rings. The number of fused-ring (bicyclic) bond motifs is 1. The van der Waals surface area contributed by atoms with Gasteiger partial charge in [-0.25, -0.2) is 19.3 Å². The van der Waals surface area contributed by atoms with Crippen molar-refractivity contribution in [2.75, 3.05) is 17.2 Å². The van der Waals surface area contributed by atoms with Crippen LogP contribution in [0.25, 0.3) is 16.6 Å². The maximum absolute atomic E-state index is 12.3. The number of anilines is 2. The Labute approximate surface area is 174 Å². The van der Waals surface area contributed by atoms with Gasteiger partial charge in [0.2, 0.25) is 0 Å². The first-order chi connectivity index (χ1) is 14.5. The van der Waals surface area contributed by atoms with Gasteiger partial charge in [-0.1, -0.05) is 12.1 Å². The normalized spacial score (nSPS) is 10.9. The zero-order valence-corrected chi connectivity index (χ0v) is 16.9. The zero-order chi connectivity index (χ0) is 21.1. The Hall–Kier alpha value is -3.78. The van der Waals surface area contributed by atoms with Gasteiger partial charge in [0.05, 0.1) is 11.2 Å². The number of hydrogen-bond donors (Lipinski definition) is 3. The molecule has 3 heterocycles. The molecule has 30 heavy (non-hydrogen) atoms. The average Bonchev–Trinajstić information content (AvgIpc) is 3.05. The summed E-state index contributed by atoms with van der Waals surface area (Å²) in [6.45, 7) is 4.51. The fourth-order valence-electron chi connectivity index (χ4n) is 3.48. The lowest BCUT2D eigenvalue weighted by Crippen LogP contribution is -2.20. The third kappa shape index (κ3) is 3.99. The Kier molecular flexibility index (Phi) is 5.40. The molecule has 0 unspecified atom stereocenters. The van der Waals surface area contributed by atoms with Crippen LogP contribution in [0.2, 0.25) is 0 Å². The minimum atomic E-state index is -0.343. The predicted molar refractivity (Wildman–Crippen MR) is 118 cm³/mol. The van der Waals surface area contributed by atoms with Crippen LogP contribution in [0.15, 0.2) is 55.1 Å². The first-order valence-corrected chi connectivity index (χ1v) is 9.68. The lowest BCUT2D eigenvalue weighted by molar-refractivity contribution is 0.262. The van der Waals surface area contributed by atoms with Crippen LogP contribution in [0.4, 0.5) is 16.3 Å². The van der Waals surface area contributed by atoms with Crippen molar-refractivity contribution in [3.05, 3.63) is 71.9 Å². The fraction of sp³-hybridized carbons (Fsp3) is 0.182. The van der Waals surface area contributed by atoms with Crippen molar-refractivity contribution < 1.29 is 4.79 Å². The first-order valence-electron chi connectivity index (χ1n) is 9.68. The number of hydrogen-bond acceptors (Lipinski definition) is 5. The summed E-state index contributed by atoms with van der Waals surface area (Å²) >= 11 is 0. The lowest BCUT2D eigenvalue weighted by atomic mass is 10.0. The molecule has 4 rings (SSSR count). The molecule has 0 fully saturated rings. The number of carbonyl (C=O) groups excluding carboxylic acids is 1. The molecule has 0 aliphatic carbocycles. The summed E-state index contributed by atoms with van der Waals surface area (Å²) in [5.74, 6) is 0.507. The van der Waals surface area contributed by atoms with E-state index in [0.717, 1.165) is 33.5 Å². The highest BCUT2D eigenvalue weighted by atomic mass is 16.2. The largest absolute Gasteiger partial charge is 0.330 e. The van der Waals surface area contributed by atoms with E-state index in [9.17, 15) is 4.79 Å². The molecule has 0 atom stereocenters. The minimum Gasteiger partial charge on any atom is -0.330 e. The molecule has 152 valence electrons. The van der Waals surface area contributed by atoms with E-state index in [-0.39, 0.29) is 6.03 Å². The zero-order valence-electron chi connectivity index (χ0n) is 16.9. The average molecular weight is 401 g/mol. The second kappa shape index (κ2) is 8.30. The predicted octanol–water partition coefficient (Wildman–Crippen LogP) is 3.55. The van der Waals surface area contributed by atoms with Crippen molar-refractivity contribution in [3.63, 3.8) is 0 Å². The molecule has 0 saturated heterocycles. The Morgan fingerprint density at radius 3 is 2.63 bits per heavy atom. The highest BCUT2D eigenvalue weighted by molar-refractivity contribution is 5.99. The number of rotatable bonds is 5. The minimum absolute atomic E-state index is 0.343. The summed E-state index contributed by atoms with van der Waals surface area (Å²) in [6.07, 6.45) is 5.87. The van der Waals surface area contributed by atoms with Gasteiger partial charge in [-0.3, -0.25) is 5.32 Å². The summed E-state index contributed by atoms with van der Waals surface area (Å²) in [6, 6.07) is 11.0. The SMILES string of the molecule is Cc1ccnc(NC(=O)Nc2ccc(-c3c(C)cn4ncnc(CCN)c34)cc2)c1. The second-order valence-electron chi connectivity index (χ2n) is 7.10. The van der Waals surface area contributed by atoms with Crippen LogP contribution >= 0.6 is 0 Å². The van der Waals surface area contributed by atoms with Crippen molar-refractivity contribution in [1.29, 1.82) is 0 Å². The number of carbonyl (C=O) groups is 1. The van der Waals surface area contributed by atoms with Crippen molar-refractivity contribution in [1.82, 2.24) is 19.6 Å². The molecular weight excluding hydrogens is 378 g/mol. The molecule has 0 spiro atoms. The maximum Gasteiger partial charge on any atom is 0.324 e. The van der Waals surface area contributed by atoms with Gasteiger partial charge in [0, 0.05) is 30.1 Å². The molecule has 4 aromatic rings. The van der Waals surface area contributed by atoms with E-state index >= 15 is 0 Å². The Balaban J connectivity index is 1.57. The van der Waals surface area contributed by atoms with Gasteiger partial charge in [-0.2, -0.15) is 5.10 Å². The monoisotopic (exact) mass is 401 g/mol. The third-order valence-electron chi connectivity index (χ3n) is 4.81. The quantitative estimate of drug-likeness (QED) is 0.474. The summed E-state index contributed by atoms with van der Waals surface area (Å²) in [5.41, 5.74) is 12.5. The first kappa shape index (κ1) is 19.5. The standard InChI is InChI=1S/C22H23N7O/c1-14-8-10-24-19(11-14)28-22(30)27-17-5-3-16(4-6-17)20-15(2)12-29-21(20)18(7-9-23)25-13-26-29/h3-6,8,10-13H,7,9,23H2,1-2H3,(H2,24,27,28,30). The molecule has 0 radical (unpaired) electrons. The number of aryl methyl sites for hydroxylation is 2. The van der Waals surface area contributed by atoms with Gasteiger partial charge < -0.3 is 11.1 Å². The van der Waals surface area contributed by atoms with Crippen LogP contribution < -0.4 is 16.4 Å². The number of benzene rings is 1. The molecule has 8 heteroatoms. The summed E-state index contributed by atoms with van der Waals surface area (Å²) in [4.78, 5) is 20.8. The van der Waals surface area contributed by atoms with E-state index in [2.05, 4.69) is 25.7 Å². The highest BCUT2D eigenvalue weighted by Gasteiger charge is 2.15. The van der Waals surface area contributed by atoms with E-state index in [0.29, 0.717) is 24.5 Å². The molecule has 0 saturated carbocycles. The van der Waals surface area contributed by atoms with Gasteiger partial charge in [-0.15, -0.1) is 0 Å². The van der Waals surface area contributed by atoms with Crippen molar-refractivity contribution in [2.24, 2.45) is 5.73 Å². The summed E-state index contributed by atoms with van der Waals surface area (Å²) < 4.78 is 1.84. The summed E-state index contributed by atoms with van der Waals surface area (Å²) in [7, 11) is 0. The van der Waals surface area contributed by atoms with E-state index < -0.39 is 0 Å². The molecular formula is C22H23N7O. The Bertz CT molecular complexity index is 1200. The fourth-order valence-corrected chi connectivity index (χ4v) is 3.48. The van der Waals surface area contributed by atoms with Gasteiger partial charge >= 0.3 is 6.03 Å². The smallest absolute Gasteiger partial charge is 0.324 e. The number of amides is 2. The van der Waals surface area contributed by atoms with E-state index in [4.69, 9.17) is 5.73 Å². The molecule has 0 bridgehead atoms. The molecule has 0 aliphatic heterocycles. The van der Waals surface area contributed by atoms with E-state index in [1.165, 1.54) is 0 Å². The van der Waals surface area contributed by atoms with Crippen LogP contribution in [0.1, 0.15) is 16.8 Å². The number of urea groups is 1. The molecule has 2 amide bonds. The van der Waals surface area contributed by atoms with Gasteiger partial charge in [0.25, 0.3) is 0 Å². The number of pyridine rings is 1. The van der Waals surface area contributed by atoms with E-state index in [1.807, 2.05) is 61.0 Å². The van der Waals surface area contributed by atoms with Crippen molar-refractivity contribution in [2.45, 2.75) is 20.3 Å².